The van der Waals surface area contributed by atoms with Gasteiger partial charge in [-0.05, 0) is 41.0 Å². The largest absolute Gasteiger partial charge is 0.497 e. The highest BCUT2D eigenvalue weighted by molar-refractivity contribution is 6.21. The van der Waals surface area contributed by atoms with E-state index >= 15 is 0 Å². The zero-order valence-electron chi connectivity index (χ0n) is 17.2. The first-order chi connectivity index (χ1) is 14.7. The van der Waals surface area contributed by atoms with Gasteiger partial charge in [0.25, 0.3) is 0 Å². The van der Waals surface area contributed by atoms with Gasteiger partial charge < -0.3 is 14.4 Å². The van der Waals surface area contributed by atoms with Crippen LogP contribution in [-0.2, 0) is 11.3 Å². The molecule has 0 saturated heterocycles. The molecule has 1 heterocycles. The predicted octanol–water partition coefficient (Wildman–Crippen LogP) is 5.26. The van der Waals surface area contributed by atoms with Crippen molar-refractivity contribution in [2.45, 2.75) is 19.0 Å². The standard InChI is InChI=1S/C26H25NO3/c1-29-22-12-8-20(9-13-22)24-18-27(17-19-6-4-3-5-7-19)25(16-26(24)28)21-10-14-23(30-2)15-11-21/h3-15,18,25H,16-17H2,1-2H3. The summed E-state index contributed by atoms with van der Waals surface area (Å²) in [4.78, 5) is 15.4. The molecule has 3 aromatic rings. The van der Waals surface area contributed by atoms with Crippen LogP contribution >= 0.6 is 0 Å². The van der Waals surface area contributed by atoms with Crippen LogP contribution in [0, 0.1) is 0 Å². The molecule has 4 rings (SSSR count). The summed E-state index contributed by atoms with van der Waals surface area (Å²) < 4.78 is 10.5. The minimum atomic E-state index is -0.0226. The van der Waals surface area contributed by atoms with E-state index in [0.29, 0.717) is 6.42 Å². The third-order valence-electron chi connectivity index (χ3n) is 5.48. The van der Waals surface area contributed by atoms with Crippen LogP contribution in [0.3, 0.4) is 0 Å². The average molecular weight is 399 g/mol. The number of ether oxygens (including phenoxy) is 2. The van der Waals surface area contributed by atoms with Crippen LogP contribution in [0.2, 0.25) is 0 Å². The quantitative estimate of drug-likeness (QED) is 0.567. The summed E-state index contributed by atoms with van der Waals surface area (Å²) >= 11 is 0. The van der Waals surface area contributed by atoms with Gasteiger partial charge in [-0.3, -0.25) is 4.79 Å². The topological polar surface area (TPSA) is 38.8 Å². The Morgan fingerprint density at radius 2 is 1.43 bits per heavy atom. The molecule has 0 saturated carbocycles. The van der Waals surface area contributed by atoms with Crippen LogP contribution < -0.4 is 9.47 Å². The van der Waals surface area contributed by atoms with E-state index in [0.717, 1.165) is 34.7 Å². The van der Waals surface area contributed by atoms with Crippen LogP contribution in [0.5, 0.6) is 11.5 Å². The van der Waals surface area contributed by atoms with Gasteiger partial charge in [0.2, 0.25) is 0 Å². The van der Waals surface area contributed by atoms with Gasteiger partial charge in [-0.1, -0.05) is 54.6 Å². The van der Waals surface area contributed by atoms with Crippen molar-refractivity contribution in [2.75, 3.05) is 14.2 Å². The van der Waals surface area contributed by atoms with E-state index < -0.39 is 0 Å². The second kappa shape index (κ2) is 8.87. The summed E-state index contributed by atoms with van der Waals surface area (Å²) in [5, 5.41) is 0. The van der Waals surface area contributed by atoms with Gasteiger partial charge >= 0.3 is 0 Å². The lowest BCUT2D eigenvalue weighted by Crippen LogP contribution is -2.30. The maximum Gasteiger partial charge on any atom is 0.167 e. The van der Waals surface area contributed by atoms with Crippen molar-refractivity contribution < 1.29 is 14.3 Å². The maximum atomic E-state index is 13.1. The van der Waals surface area contributed by atoms with Crippen LogP contribution in [0.15, 0.2) is 85.1 Å². The highest BCUT2D eigenvalue weighted by atomic mass is 16.5. The fourth-order valence-electron chi connectivity index (χ4n) is 3.82. The van der Waals surface area contributed by atoms with Gasteiger partial charge in [-0.15, -0.1) is 0 Å². The first-order valence-electron chi connectivity index (χ1n) is 10.0. The predicted molar refractivity (Wildman–Crippen MR) is 118 cm³/mol. The first-order valence-corrected chi connectivity index (χ1v) is 10.0. The van der Waals surface area contributed by atoms with Crippen LogP contribution in [-0.4, -0.2) is 24.9 Å². The monoisotopic (exact) mass is 399 g/mol. The lowest BCUT2D eigenvalue weighted by molar-refractivity contribution is -0.115. The zero-order chi connectivity index (χ0) is 20.9. The van der Waals surface area contributed by atoms with E-state index in [2.05, 4.69) is 17.0 Å². The van der Waals surface area contributed by atoms with E-state index in [1.165, 1.54) is 5.56 Å². The second-order valence-electron chi connectivity index (χ2n) is 7.35. The van der Waals surface area contributed by atoms with Crippen molar-refractivity contribution in [1.82, 2.24) is 4.90 Å². The Morgan fingerprint density at radius 1 is 0.833 bits per heavy atom. The molecule has 0 N–H and O–H groups in total. The molecule has 1 atom stereocenters. The van der Waals surface area contributed by atoms with Crippen molar-refractivity contribution in [2.24, 2.45) is 0 Å². The minimum absolute atomic E-state index is 0.0226. The number of rotatable bonds is 6. The molecule has 4 nitrogen and oxygen atoms in total. The SMILES string of the molecule is COc1ccc(C2=CN(Cc3ccccc3)C(c3ccc(OC)cc3)CC2=O)cc1. The molecule has 1 aliphatic heterocycles. The summed E-state index contributed by atoms with van der Waals surface area (Å²) in [5.74, 6) is 1.73. The number of hydrogen-bond donors (Lipinski definition) is 0. The number of carbonyl (C=O) groups is 1. The molecular formula is C26H25NO3. The summed E-state index contributed by atoms with van der Waals surface area (Å²) in [6.45, 7) is 0.727. The molecular weight excluding hydrogens is 374 g/mol. The molecule has 0 aliphatic carbocycles. The molecule has 0 amide bonds. The highest BCUT2D eigenvalue weighted by Crippen LogP contribution is 2.36. The first kappa shape index (κ1) is 19.8. The second-order valence-corrected chi connectivity index (χ2v) is 7.35. The van der Waals surface area contributed by atoms with Gasteiger partial charge in [-0.25, -0.2) is 0 Å². The van der Waals surface area contributed by atoms with Crippen molar-refractivity contribution in [1.29, 1.82) is 0 Å². The number of methoxy groups -OCH3 is 2. The van der Waals surface area contributed by atoms with Gasteiger partial charge in [-0.2, -0.15) is 0 Å². The van der Waals surface area contributed by atoms with E-state index in [9.17, 15) is 4.79 Å². The Balaban J connectivity index is 1.71. The molecule has 30 heavy (non-hydrogen) atoms. The molecule has 0 radical (unpaired) electrons. The summed E-state index contributed by atoms with van der Waals surface area (Å²) in [5.41, 5.74) is 3.95. The molecule has 0 bridgehead atoms. The lowest BCUT2D eigenvalue weighted by atomic mass is 9.89. The molecule has 152 valence electrons. The molecule has 0 fully saturated rings. The maximum absolute atomic E-state index is 13.1. The van der Waals surface area contributed by atoms with Gasteiger partial charge in [0, 0.05) is 24.7 Å². The number of hydrogen-bond acceptors (Lipinski definition) is 4. The molecule has 0 spiro atoms. The van der Waals surface area contributed by atoms with Gasteiger partial charge in [0.15, 0.2) is 5.78 Å². The third-order valence-corrected chi connectivity index (χ3v) is 5.48. The van der Waals surface area contributed by atoms with Gasteiger partial charge in [0.05, 0.1) is 20.3 Å². The van der Waals surface area contributed by atoms with Crippen LogP contribution in [0.25, 0.3) is 5.57 Å². The number of Topliss-reactive ketones (excluding diaryl/α,β-unsaturated/α-hetero) is 1. The molecule has 0 aromatic heterocycles. The average Bonchev–Trinajstić information content (AvgIpc) is 2.81. The Kier molecular flexibility index (Phi) is 5.84. The van der Waals surface area contributed by atoms with E-state index in [1.807, 2.05) is 72.9 Å². The number of allylic oxidation sites excluding steroid dienone is 1. The highest BCUT2D eigenvalue weighted by Gasteiger charge is 2.29. The molecule has 1 aliphatic rings. The van der Waals surface area contributed by atoms with E-state index in [1.54, 1.807) is 14.2 Å². The fourth-order valence-corrected chi connectivity index (χ4v) is 3.82. The summed E-state index contributed by atoms with van der Waals surface area (Å²) in [7, 11) is 3.30. The van der Waals surface area contributed by atoms with Crippen LogP contribution in [0.1, 0.15) is 29.2 Å². The number of benzene rings is 3. The Hall–Kier alpha value is -3.53. The number of carbonyl (C=O) groups excluding carboxylic acids is 1. The summed E-state index contributed by atoms with van der Waals surface area (Å²) in [6, 6.07) is 25.9. The smallest absolute Gasteiger partial charge is 0.167 e. The molecule has 4 heteroatoms. The minimum Gasteiger partial charge on any atom is -0.497 e. The fraction of sp³-hybridized carbons (Fsp3) is 0.192. The van der Waals surface area contributed by atoms with Crippen molar-refractivity contribution in [3.05, 3.63) is 102 Å². The number of nitrogens with zero attached hydrogens (tertiary/aromatic N) is 1. The Labute approximate surface area is 177 Å². The van der Waals surface area contributed by atoms with Crippen molar-refractivity contribution in [3.8, 4) is 11.5 Å². The normalized spacial score (nSPS) is 16.2. The summed E-state index contributed by atoms with van der Waals surface area (Å²) in [6.07, 6.45) is 2.44. The van der Waals surface area contributed by atoms with Crippen LogP contribution in [0.4, 0.5) is 0 Å². The van der Waals surface area contributed by atoms with E-state index in [-0.39, 0.29) is 11.8 Å². The third kappa shape index (κ3) is 4.23. The zero-order valence-corrected chi connectivity index (χ0v) is 17.2. The van der Waals surface area contributed by atoms with Crippen molar-refractivity contribution in [3.63, 3.8) is 0 Å². The molecule has 3 aromatic carbocycles. The number of ketones is 1. The Bertz CT molecular complexity index is 1020. The van der Waals surface area contributed by atoms with Gasteiger partial charge in [0.1, 0.15) is 11.5 Å². The lowest BCUT2D eigenvalue weighted by Gasteiger charge is -2.35. The van der Waals surface area contributed by atoms with Crippen molar-refractivity contribution >= 4 is 11.4 Å². The Morgan fingerprint density at radius 3 is 2.03 bits per heavy atom. The molecule has 1 unspecified atom stereocenters. The van der Waals surface area contributed by atoms with E-state index in [4.69, 9.17) is 9.47 Å².